The van der Waals surface area contributed by atoms with E-state index >= 15 is 0 Å². The van der Waals surface area contributed by atoms with Crippen molar-refractivity contribution in [3.63, 3.8) is 0 Å². The summed E-state index contributed by atoms with van der Waals surface area (Å²) < 4.78 is 13.5. The van der Waals surface area contributed by atoms with Gasteiger partial charge in [-0.2, -0.15) is 9.13 Å². The van der Waals surface area contributed by atoms with Crippen molar-refractivity contribution in [3.05, 3.63) is 117 Å². The van der Waals surface area contributed by atoms with E-state index in [9.17, 15) is 0 Å². The number of aryl methyl sites for hydroxylation is 6. The van der Waals surface area contributed by atoms with Gasteiger partial charge in [0.25, 0.3) is 5.54 Å². The van der Waals surface area contributed by atoms with Crippen molar-refractivity contribution in [2.75, 3.05) is 0 Å². The third-order valence-electron chi connectivity index (χ3n) is 10.9. The molecule has 0 saturated heterocycles. The average molecular weight is 577 g/mol. The number of hydrogen-bond acceptors (Lipinski definition) is 2. The van der Waals surface area contributed by atoms with Crippen molar-refractivity contribution in [2.45, 2.75) is 59.0 Å². The molecule has 1 fully saturated rings. The molecule has 4 aromatic heterocycles. The molecule has 208 valence electrons. The van der Waals surface area contributed by atoms with Crippen LogP contribution in [0.3, 0.4) is 0 Å². The van der Waals surface area contributed by atoms with E-state index in [2.05, 4.69) is 124 Å². The van der Waals surface area contributed by atoms with Gasteiger partial charge in [-0.15, -0.1) is 11.3 Å². The Balaban J connectivity index is 1.35. The number of fused-ring (bicyclic) bond motifs is 19. The van der Waals surface area contributed by atoms with Gasteiger partial charge in [-0.25, -0.2) is 0 Å². The van der Waals surface area contributed by atoms with Gasteiger partial charge in [0.1, 0.15) is 11.5 Å². The minimum absolute atomic E-state index is 0.217. The van der Waals surface area contributed by atoms with Crippen LogP contribution >= 0.6 is 11.3 Å². The van der Waals surface area contributed by atoms with E-state index in [4.69, 9.17) is 4.42 Å². The Morgan fingerprint density at radius 1 is 0.721 bits per heavy atom. The molecule has 4 heteroatoms. The Kier molecular flexibility index (Phi) is 4.28. The molecule has 3 aromatic carbocycles. The van der Waals surface area contributed by atoms with Crippen LogP contribution in [0.25, 0.3) is 54.5 Å². The van der Waals surface area contributed by atoms with E-state index in [-0.39, 0.29) is 11.6 Å². The lowest BCUT2D eigenvalue weighted by atomic mass is 9.91. The molecule has 0 radical (unpaired) electrons. The normalized spacial score (nSPS) is 20.9. The van der Waals surface area contributed by atoms with Crippen molar-refractivity contribution in [1.82, 2.24) is 0 Å². The van der Waals surface area contributed by atoms with E-state index < -0.39 is 0 Å². The Labute approximate surface area is 254 Å². The zero-order valence-corrected chi connectivity index (χ0v) is 26.1. The number of furan rings is 1. The smallest absolute Gasteiger partial charge is 0.269 e. The van der Waals surface area contributed by atoms with Gasteiger partial charge in [0.05, 0.1) is 15.8 Å². The van der Waals surface area contributed by atoms with Crippen LogP contribution in [0.4, 0.5) is 0 Å². The van der Waals surface area contributed by atoms with Crippen LogP contribution in [0.5, 0.6) is 0 Å². The van der Waals surface area contributed by atoms with Crippen LogP contribution in [0.15, 0.2) is 77.5 Å². The molecule has 1 saturated carbocycles. The van der Waals surface area contributed by atoms with Gasteiger partial charge >= 0.3 is 0 Å². The van der Waals surface area contributed by atoms with Gasteiger partial charge in [0.15, 0.2) is 18.0 Å². The Morgan fingerprint density at radius 2 is 1.47 bits per heavy atom. The molecule has 6 heterocycles. The van der Waals surface area contributed by atoms with Gasteiger partial charge in [-0.05, 0) is 87.9 Å². The van der Waals surface area contributed by atoms with Gasteiger partial charge in [-0.3, -0.25) is 0 Å². The lowest BCUT2D eigenvalue weighted by Crippen LogP contribution is -2.51. The fraction of sp³-hybridized carbons (Fsp3) is 0.231. The standard InChI is InChI=1S/C39H32N2OS/c1-19-7-9-26-29(13-19)34-38(40-17-22(4)20(2)14-31(26)40)39(34)30-12-11-27-28-10-8-25-16-24(6)43-37(25)36(28)42-35(27)33(30)32-15-21(3)23(5)18-41(32)39/h7-18,34,38H,1-6H3/q+2. The van der Waals surface area contributed by atoms with Crippen LogP contribution in [0, 0.1) is 41.5 Å². The molecule has 43 heavy (non-hydrogen) atoms. The maximum atomic E-state index is 7.01. The van der Waals surface area contributed by atoms with Gasteiger partial charge in [0.2, 0.25) is 17.4 Å². The molecule has 3 atom stereocenters. The van der Waals surface area contributed by atoms with Gasteiger partial charge in [0, 0.05) is 44.5 Å². The Bertz CT molecular complexity index is 2440. The number of hydrogen-bond donors (Lipinski definition) is 0. The SMILES string of the molecule is Cc1ccc2c(c1)C1C([n+]3cc(C)c(C)cc3-2)C12c1ccc3c(oc4c3ccc3cc(C)sc34)c1-c1cc(C)c(C)c[n+]12. The Hall–Kier alpha value is -4.28. The van der Waals surface area contributed by atoms with E-state index in [0.717, 1.165) is 11.2 Å². The summed E-state index contributed by atoms with van der Waals surface area (Å²) in [4.78, 5) is 1.32. The first-order chi connectivity index (χ1) is 20.8. The van der Waals surface area contributed by atoms with Crippen molar-refractivity contribution in [3.8, 4) is 22.5 Å². The summed E-state index contributed by atoms with van der Waals surface area (Å²) >= 11 is 1.83. The third-order valence-corrected chi connectivity index (χ3v) is 12.0. The maximum Gasteiger partial charge on any atom is 0.269 e. The second-order valence-electron chi connectivity index (χ2n) is 13.3. The van der Waals surface area contributed by atoms with Crippen molar-refractivity contribution < 1.29 is 13.6 Å². The molecular formula is C39H32N2OS+2. The number of nitrogens with zero attached hydrogens (tertiary/aromatic N) is 2. The number of aromatic nitrogens is 2. The molecule has 2 aliphatic heterocycles. The largest absolute Gasteiger partial charge is 0.454 e. The summed E-state index contributed by atoms with van der Waals surface area (Å²) in [5.41, 5.74) is 16.6. The summed E-state index contributed by atoms with van der Waals surface area (Å²) in [6.45, 7) is 13.4. The molecule has 3 unspecified atom stereocenters. The lowest BCUT2D eigenvalue weighted by Gasteiger charge is -2.14. The molecule has 10 rings (SSSR count). The second-order valence-corrected chi connectivity index (χ2v) is 14.6. The summed E-state index contributed by atoms with van der Waals surface area (Å²) in [5.74, 6) is 0.336. The molecule has 3 aliphatic rings. The quantitative estimate of drug-likeness (QED) is 0.165. The number of pyridine rings is 2. The fourth-order valence-electron chi connectivity index (χ4n) is 8.64. The Morgan fingerprint density at radius 3 is 2.30 bits per heavy atom. The van der Waals surface area contributed by atoms with Crippen LogP contribution in [0.2, 0.25) is 0 Å². The first-order valence-electron chi connectivity index (χ1n) is 15.3. The average Bonchev–Trinajstić information content (AvgIpc) is 3.17. The van der Waals surface area contributed by atoms with Crippen molar-refractivity contribution in [2.24, 2.45) is 0 Å². The van der Waals surface area contributed by atoms with E-state index in [0.29, 0.717) is 5.92 Å². The highest BCUT2D eigenvalue weighted by Gasteiger charge is 2.86. The molecule has 1 spiro atoms. The van der Waals surface area contributed by atoms with Crippen molar-refractivity contribution in [1.29, 1.82) is 0 Å². The second kappa shape index (κ2) is 7.62. The minimum Gasteiger partial charge on any atom is -0.454 e. The van der Waals surface area contributed by atoms with Crippen LogP contribution in [0.1, 0.15) is 55.8 Å². The highest BCUT2D eigenvalue weighted by atomic mass is 32.1. The van der Waals surface area contributed by atoms with Gasteiger partial charge < -0.3 is 4.42 Å². The van der Waals surface area contributed by atoms with Crippen LogP contribution in [-0.4, -0.2) is 0 Å². The highest BCUT2D eigenvalue weighted by Crippen LogP contribution is 2.71. The number of rotatable bonds is 0. The van der Waals surface area contributed by atoms with Crippen molar-refractivity contribution >= 4 is 43.4 Å². The summed E-state index contributed by atoms with van der Waals surface area (Å²) in [6.07, 6.45) is 4.84. The van der Waals surface area contributed by atoms with Crippen LogP contribution < -0.4 is 9.13 Å². The van der Waals surface area contributed by atoms with Gasteiger partial charge in [-0.1, -0.05) is 29.8 Å². The molecule has 1 aliphatic carbocycles. The molecule has 0 N–H and O–H groups in total. The fourth-order valence-corrected chi connectivity index (χ4v) is 9.64. The highest BCUT2D eigenvalue weighted by molar-refractivity contribution is 7.19. The predicted octanol–water partition coefficient (Wildman–Crippen LogP) is 8.97. The predicted molar refractivity (Wildman–Crippen MR) is 174 cm³/mol. The molecule has 3 nitrogen and oxygen atoms in total. The lowest BCUT2D eigenvalue weighted by molar-refractivity contribution is -0.772. The monoisotopic (exact) mass is 576 g/mol. The van der Waals surface area contributed by atoms with E-state index in [1.807, 2.05) is 11.3 Å². The van der Waals surface area contributed by atoms with E-state index in [1.54, 1.807) is 0 Å². The first-order valence-corrected chi connectivity index (χ1v) is 16.1. The van der Waals surface area contributed by atoms with Crippen LogP contribution in [-0.2, 0) is 5.54 Å². The number of thiophene rings is 1. The zero-order chi connectivity index (χ0) is 29.1. The maximum absolute atomic E-state index is 7.01. The molecule has 0 amide bonds. The first kappa shape index (κ1) is 24.2. The topological polar surface area (TPSA) is 20.9 Å². The minimum atomic E-state index is -0.217. The summed E-state index contributed by atoms with van der Waals surface area (Å²) in [7, 11) is 0. The molecular weight excluding hydrogens is 545 g/mol. The molecule has 7 aromatic rings. The van der Waals surface area contributed by atoms with E-state index in [1.165, 1.54) is 87.2 Å². The zero-order valence-electron chi connectivity index (χ0n) is 25.3. The summed E-state index contributed by atoms with van der Waals surface area (Å²) in [6, 6.07) is 23.8. The summed E-state index contributed by atoms with van der Waals surface area (Å²) in [5, 5.41) is 3.69. The number of benzene rings is 3. The molecule has 0 bridgehead atoms. The third kappa shape index (κ3) is 2.73.